The van der Waals surface area contributed by atoms with Crippen LogP contribution in [0.3, 0.4) is 0 Å². The van der Waals surface area contributed by atoms with Crippen LogP contribution in [-0.4, -0.2) is 18.0 Å². The van der Waals surface area contributed by atoms with Gasteiger partial charge in [0.25, 0.3) is 0 Å². The molecule has 0 amide bonds. The van der Waals surface area contributed by atoms with Crippen molar-refractivity contribution in [1.82, 2.24) is 4.90 Å². The van der Waals surface area contributed by atoms with Gasteiger partial charge in [0.05, 0.1) is 0 Å². The van der Waals surface area contributed by atoms with Crippen LogP contribution in [0.2, 0.25) is 0 Å². The lowest BCUT2D eigenvalue weighted by molar-refractivity contribution is 0.176. The first-order valence-corrected chi connectivity index (χ1v) is 7.04. The van der Waals surface area contributed by atoms with Gasteiger partial charge in [-0.2, -0.15) is 10.5 Å². The van der Waals surface area contributed by atoms with Gasteiger partial charge in [0.1, 0.15) is 17.7 Å². The van der Waals surface area contributed by atoms with Gasteiger partial charge in [-0.05, 0) is 42.5 Å². The summed E-state index contributed by atoms with van der Waals surface area (Å²) in [5.74, 6) is 0.791. The van der Waals surface area contributed by atoms with E-state index in [1.807, 2.05) is 24.3 Å². The highest BCUT2D eigenvalue weighted by Crippen LogP contribution is 2.18. The summed E-state index contributed by atoms with van der Waals surface area (Å²) in [5.41, 5.74) is 2.33. The summed E-state index contributed by atoms with van der Waals surface area (Å²) in [7, 11) is 0. The number of hydrogen-bond acceptors (Lipinski definition) is 3. The summed E-state index contributed by atoms with van der Waals surface area (Å²) in [6, 6.07) is 11.9. The van der Waals surface area contributed by atoms with Crippen molar-refractivity contribution in [3.05, 3.63) is 41.0 Å². The lowest BCUT2D eigenvalue weighted by atomic mass is 9.99. The molecule has 0 radical (unpaired) electrons. The van der Waals surface area contributed by atoms with Gasteiger partial charge in [0.15, 0.2) is 0 Å². The average Bonchev–Trinajstić information content (AvgIpc) is 2.46. The molecule has 3 nitrogen and oxygen atoms in total. The molecule has 102 valence electrons. The highest BCUT2D eigenvalue weighted by Gasteiger charge is 2.15. The summed E-state index contributed by atoms with van der Waals surface area (Å²) >= 11 is 0. The van der Waals surface area contributed by atoms with E-state index in [9.17, 15) is 0 Å². The molecule has 1 fully saturated rings. The van der Waals surface area contributed by atoms with E-state index < -0.39 is 0 Å². The van der Waals surface area contributed by atoms with Gasteiger partial charge in [0.2, 0.25) is 0 Å². The molecule has 0 N–H and O–H groups in total. The Hall–Kier alpha value is -2.10. The zero-order valence-electron chi connectivity index (χ0n) is 11.8. The average molecular weight is 265 g/mol. The maximum atomic E-state index is 8.74. The minimum Gasteiger partial charge on any atom is -0.299 e. The van der Waals surface area contributed by atoms with Crippen LogP contribution in [0.25, 0.3) is 6.08 Å². The Labute approximate surface area is 120 Å². The standard InChI is InChI=1S/C17H19N3/c1-14-3-2-8-20(12-14)13-16-6-4-15(5-7-16)9-17(10-18)11-19/h4-7,9,14H,2-3,8,12-13H2,1H3. The quantitative estimate of drug-likeness (QED) is 0.787. The molecule has 1 aromatic carbocycles. The van der Waals surface area contributed by atoms with Crippen molar-refractivity contribution in [3.63, 3.8) is 0 Å². The molecular weight excluding hydrogens is 246 g/mol. The summed E-state index contributed by atoms with van der Waals surface area (Å²) in [6.45, 7) is 5.65. The van der Waals surface area contributed by atoms with Gasteiger partial charge < -0.3 is 0 Å². The molecule has 1 atom stereocenters. The number of hydrogen-bond donors (Lipinski definition) is 0. The zero-order valence-corrected chi connectivity index (χ0v) is 11.8. The first-order valence-electron chi connectivity index (χ1n) is 7.04. The van der Waals surface area contributed by atoms with Crippen LogP contribution in [0, 0.1) is 28.6 Å². The van der Waals surface area contributed by atoms with Gasteiger partial charge in [-0.3, -0.25) is 4.90 Å². The molecule has 0 spiro atoms. The molecule has 1 saturated heterocycles. The van der Waals surface area contributed by atoms with Crippen molar-refractivity contribution in [2.24, 2.45) is 5.92 Å². The first-order chi connectivity index (χ1) is 9.71. The second kappa shape index (κ2) is 6.89. The number of nitrogens with zero attached hydrogens (tertiary/aromatic N) is 3. The van der Waals surface area contributed by atoms with Crippen molar-refractivity contribution < 1.29 is 0 Å². The fourth-order valence-electron chi connectivity index (χ4n) is 2.66. The van der Waals surface area contributed by atoms with Gasteiger partial charge in [-0.25, -0.2) is 0 Å². The molecule has 1 unspecified atom stereocenters. The van der Waals surface area contributed by atoms with E-state index in [4.69, 9.17) is 10.5 Å². The third-order valence-corrected chi connectivity index (χ3v) is 3.68. The fourth-order valence-corrected chi connectivity index (χ4v) is 2.66. The van der Waals surface area contributed by atoms with Crippen LogP contribution in [0.1, 0.15) is 30.9 Å². The van der Waals surface area contributed by atoms with Crippen molar-refractivity contribution in [1.29, 1.82) is 10.5 Å². The van der Waals surface area contributed by atoms with Crippen molar-refractivity contribution in [3.8, 4) is 12.1 Å². The SMILES string of the molecule is CC1CCCN(Cc2ccc(C=C(C#N)C#N)cc2)C1. The second-order valence-electron chi connectivity index (χ2n) is 5.51. The van der Waals surface area contributed by atoms with Crippen molar-refractivity contribution in [2.75, 3.05) is 13.1 Å². The monoisotopic (exact) mass is 265 g/mol. The summed E-state index contributed by atoms with van der Waals surface area (Å²) in [5, 5.41) is 17.5. The summed E-state index contributed by atoms with van der Waals surface area (Å²) in [4.78, 5) is 2.50. The van der Waals surface area contributed by atoms with Crippen LogP contribution in [-0.2, 0) is 6.54 Å². The maximum Gasteiger partial charge on any atom is 0.130 e. The largest absolute Gasteiger partial charge is 0.299 e. The highest BCUT2D eigenvalue weighted by molar-refractivity contribution is 5.61. The molecule has 3 heteroatoms. The molecule has 0 aromatic heterocycles. The fraction of sp³-hybridized carbons (Fsp3) is 0.412. The molecule has 0 bridgehead atoms. The predicted molar refractivity (Wildman–Crippen MR) is 79.3 cm³/mol. The van der Waals surface area contributed by atoms with E-state index in [0.29, 0.717) is 0 Å². The van der Waals surface area contributed by atoms with E-state index >= 15 is 0 Å². The van der Waals surface area contributed by atoms with Gasteiger partial charge >= 0.3 is 0 Å². The number of nitriles is 2. The minimum atomic E-state index is 0.141. The van der Waals surface area contributed by atoms with E-state index in [0.717, 1.165) is 18.0 Å². The van der Waals surface area contributed by atoms with Gasteiger partial charge in [-0.15, -0.1) is 0 Å². The minimum absolute atomic E-state index is 0.141. The van der Waals surface area contributed by atoms with E-state index in [1.54, 1.807) is 6.08 Å². The molecule has 1 aliphatic heterocycles. The maximum absolute atomic E-state index is 8.74. The molecule has 20 heavy (non-hydrogen) atoms. The normalized spacial score (nSPS) is 18.9. The third kappa shape index (κ3) is 3.95. The molecule has 0 aliphatic carbocycles. The third-order valence-electron chi connectivity index (χ3n) is 3.68. The Bertz CT molecular complexity index is 541. The number of likely N-dealkylation sites (tertiary alicyclic amines) is 1. The smallest absolute Gasteiger partial charge is 0.130 e. The van der Waals surface area contributed by atoms with E-state index in [2.05, 4.69) is 24.0 Å². The Balaban J connectivity index is 2.00. The summed E-state index contributed by atoms with van der Waals surface area (Å²) < 4.78 is 0. The molecule has 2 rings (SSSR count). The van der Waals surface area contributed by atoms with Crippen LogP contribution < -0.4 is 0 Å². The number of benzene rings is 1. The van der Waals surface area contributed by atoms with Crippen LogP contribution in [0.15, 0.2) is 29.8 Å². The topological polar surface area (TPSA) is 50.8 Å². The first kappa shape index (κ1) is 14.3. The zero-order chi connectivity index (χ0) is 14.4. The summed E-state index contributed by atoms with van der Waals surface area (Å²) in [6.07, 6.45) is 4.24. The predicted octanol–water partition coefficient (Wildman–Crippen LogP) is 3.35. The van der Waals surface area contributed by atoms with Crippen LogP contribution in [0.5, 0.6) is 0 Å². The van der Waals surface area contributed by atoms with Crippen LogP contribution in [0.4, 0.5) is 0 Å². The van der Waals surface area contributed by atoms with Crippen molar-refractivity contribution >= 4 is 6.08 Å². The Morgan fingerprint density at radius 3 is 2.60 bits per heavy atom. The molecule has 1 aromatic rings. The highest BCUT2D eigenvalue weighted by atomic mass is 15.1. The Morgan fingerprint density at radius 2 is 2.00 bits per heavy atom. The second-order valence-corrected chi connectivity index (χ2v) is 5.51. The molecule has 1 heterocycles. The molecular formula is C17H19N3. The lowest BCUT2D eigenvalue weighted by Gasteiger charge is -2.30. The van der Waals surface area contributed by atoms with Gasteiger partial charge in [-0.1, -0.05) is 31.2 Å². The van der Waals surface area contributed by atoms with Gasteiger partial charge in [0, 0.05) is 13.1 Å². The van der Waals surface area contributed by atoms with E-state index in [1.165, 1.54) is 31.5 Å². The Morgan fingerprint density at radius 1 is 1.30 bits per heavy atom. The van der Waals surface area contributed by atoms with Crippen LogP contribution >= 0.6 is 0 Å². The van der Waals surface area contributed by atoms with Crippen molar-refractivity contribution in [2.45, 2.75) is 26.3 Å². The molecule has 0 saturated carbocycles. The lowest BCUT2D eigenvalue weighted by Crippen LogP contribution is -2.33. The Kier molecular flexibility index (Phi) is 4.93. The number of rotatable bonds is 3. The van der Waals surface area contributed by atoms with E-state index in [-0.39, 0.29) is 5.57 Å². The molecule has 1 aliphatic rings. The number of piperidine rings is 1. The number of allylic oxidation sites excluding steroid dienone is 1.